The number of furan rings is 3. The Labute approximate surface area is 298 Å². The number of anilines is 3. The van der Waals surface area contributed by atoms with E-state index in [2.05, 4.69) is 157 Å². The predicted octanol–water partition coefficient (Wildman–Crippen LogP) is 14.2. The minimum atomic E-state index is 0.834. The lowest BCUT2D eigenvalue weighted by Gasteiger charge is -2.25. The van der Waals surface area contributed by atoms with Gasteiger partial charge in [-0.2, -0.15) is 0 Å². The highest BCUT2D eigenvalue weighted by molar-refractivity contribution is 6.18. The second-order valence-corrected chi connectivity index (χ2v) is 13.3. The Bertz CT molecular complexity index is 3090. The van der Waals surface area contributed by atoms with E-state index in [4.69, 9.17) is 13.3 Å². The van der Waals surface area contributed by atoms with Crippen LogP contribution in [0.15, 0.2) is 189 Å². The predicted molar refractivity (Wildman–Crippen MR) is 214 cm³/mol. The molecule has 0 amide bonds. The normalized spacial score (nSPS) is 11.8. The van der Waals surface area contributed by atoms with E-state index >= 15 is 0 Å². The first-order valence-corrected chi connectivity index (χ1v) is 17.5. The van der Waals surface area contributed by atoms with Crippen LogP contribution >= 0.6 is 0 Å². The lowest BCUT2D eigenvalue weighted by molar-refractivity contribution is 0.668. The van der Waals surface area contributed by atoms with Gasteiger partial charge in [0, 0.05) is 61.0 Å². The molecule has 3 heterocycles. The van der Waals surface area contributed by atoms with Gasteiger partial charge >= 0.3 is 0 Å². The molecule has 0 saturated heterocycles. The topological polar surface area (TPSA) is 42.7 Å². The third-order valence-corrected chi connectivity index (χ3v) is 10.3. The lowest BCUT2D eigenvalue weighted by Crippen LogP contribution is -2.09. The zero-order valence-electron chi connectivity index (χ0n) is 27.9. The van der Waals surface area contributed by atoms with Gasteiger partial charge in [-0.05, 0) is 89.5 Å². The van der Waals surface area contributed by atoms with Crippen molar-refractivity contribution >= 4 is 82.9 Å². The fraction of sp³-hybridized carbons (Fsp3) is 0. The molecule has 0 aliphatic heterocycles. The second-order valence-electron chi connectivity index (χ2n) is 13.3. The van der Waals surface area contributed by atoms with Gasteiger partial charge in [0.15, 0.2) is 0 Å². The van der Waals surface area contributed by atoms with Gasteiger partial charge in [0.1, 0.15) is 33.5 Å². The van der Waals surface area contributed by atoms with Gasteiger partial charge in [-0.25, -0.2) is 0 Å². The van der Waals surface area contributed by atoms with Crippen molar-refractivity contribution in [1.82, 2.24) is 0 Å². The highest BCUT2D eigenvalue weighted by Gasteiger charge is 2.20. The first-order valence-electron chi connectivity index (χ1n) is 17.5. The number of benzene rings is 8. The van der Waals surface area contributed by atoms with E-state index in [-0.39, 0.29) is 0 Å². The van der Waals surface area contributed by atoms with Crippen molar-refractivity contribution in [3.63, 3.8) is 0 Å². The Balaban J connectivity index is 1.04. The summed E-state index contributed by atoms with van der Waals surface area (Å²) in [4.78, 5) is 2.26. The molecule has 244 valence electrons. The fourth-order valence-corrected chi connectivity index (χ4v) is 7.87. The van der Waals surface area contributed by atoms with Crippen LogP contribution in [0.3, 0.4) is 0 Å². The molecule has 11 rings (SSSR count). The molecule has 52 heavy (non-hydrogen) atoms. The zero-order chi connectivity index (χ0) is 34.2. The van der Waals surface area contributed by atoms with Crippen molar-refractivity contribution < 1.29 is 13.3 Å². The van der Waals surface area contributed by atoms with E-state index in [1.54, 1.807) is 0 Å². The van der Waals surface area contributed by atoms with Crippen LogP contribution in [0.25, 0.3) is 88.1 Å². The summed E-state index contributed by atoms with van der Waals surface area (Å²) in [6.07, 6.45) is 0. The number of rotatable bonds is 5. The lowest BCUT2D eigenvalue weighted by atomic mass is 9.97. The standard InChI is InChI=1S/C48H29NO3/c1-3-11-32(12-4-1)49(33-13-5-2-6-14-33)34-23-25-40-46(29-34)51-44-20-10-16-37(47(40)44)39-18-9-17-38-36-24-21-31(28-45(36)52-48(38)39)30-22-26-43-41(27-30)35-15-7-8-19-42(35)50-43/h1-29H. The van der Waals surface area contributed by atoms with Crippen molar-refractivity contribution in [3.05, 3.63) is 176 Å². The minimum absolute atomic E-state index is 0.834. The maximum absolute atomic E-state index is 6.77. The summed E-state index contributed by atoms with van der Waals surface area (Å²) in [5.41, 5.74) is 12.7. The average molecular weight is 668 g/mol. The van der Waals surface area contributed by atoms with Crippen molar-refractivity contribution in [2.45, 2.75) is 0 Å². The van der Waals surface area contributed by atoms with Crippen molar-refractivity contribution in [2.75, 3.05) is 4.90 Å². The molecule has 0 bridgehead atoms. The largest absolute Gasteiger partial charge is 0.456 e. The Morgan fingerprint density at radius 1 is 0.308 bits per heavy atom. The van der Waals surface area contributed by atoms with Crippen LogP contribution in [0.4, 0.5) is 17.1 Å². The van der Waals surface area contributed by atoms with E-state index in [0.717, 1.165) is 105 Å². The van der Waals surface area contributed by atoms with E-state index in [9.17, 15) is 0 Å². The summed E-state index contributed by atoms with van der Waals surface area (Å²) in [5.74, 6) is 0. The smallest absolute Gasteiger partial charge is 0.143 e. The fourth-order valence-electron chi connectivity index (χ4n) is 7.87. The van der Waals surface area contributed by atoms with Gasteiger partial charge in [-0.15, -0.1) is 0 Å². The van der Waals surface area contributed by atoms with Crippen molar-refractivity contribution in [2.24, 2.45) is 0 Å². The van der Waals surface area contributed by atoms with Gasteiger partial charge in [0.05, 0.1) is 0 Å². The molecule has 0 fully saturated rings. The first-order chi connectivity index (χ1) is 25.8. The first kappa shape index (κ1) is 28.8. The van der Waals surface area contributed by atoms with Gasteiger partial charge in [0.2, 0.25) is 0 Å². The average Bonchev–Trinajstić information content (AvgIpc) is 3.89. The van der Waals surface area contributed by atoms with Crippen molar-refractivity contribution in [1.29, 1.82) is 0 Å². The molecule has 0 atom stereocenters. The summed E-state index contributed by atoms with van der Waals surface area (Å²) in [6.45, 7) is 0. The zero-order valence-corrected chi connectivity index (χ0v) is 27.9. The number of hydrogen-bond donors (Lipinski definition) is 0. The van der Waals surface area contributed by atoms with Crippen molar-refractivity contribution in [3.8, 4) is 22.3 Å². The van der Waals surface area contributed by atoms with Crippen LogP contribution in [0.1, 0.15) is 0 Å². The van der Waals surface area contributed by atoms with Gasteiger partial charge in [-0.3, -0.25) is 0 Å². The summed E-state index contributed by atoms with van der Waals surface area (Å²) in [6, 6.07) is 61.2. The summed E-state index contributed by atoms with van der Waals surface area (Å²) < 4.78 is 19.5. The van der Waals surface area contributed by atoms with E-state index in [1.807, 2.05) is 24.3 Å². The molecule has 4 nitrogen and oxygen atoms in total. The highest BCUT2D eigenvalue weighted by atomic mass is 16.3. The van der Waals surface area contributed by atoms with E-state index < -0.39 is 0 Å². The molecule has 0 radical (unpaired) electrons. The van der Waals surface area contributed by atoms with E-state index in [0.29, 0.717) is 0 Å². The molecule has 0 unspecified atom stereocenters. The molecule has 3 aromatic heterocycles. The van der Waals surface area contributed by atoms with E-state index in [1.165, 1.54) is 0 Å². The number of nitrogens with zero attached hydrogens (tertiary/aromatic N) is 1. The molecule has 0 aliphatic rings. The number of para-hydroxylation sites is 4. The van der Waals surface area contributed by atoms with Crippen LogP contribution in [0, 0.1) is 0 Å². The van der Waals surface area contributed by atoms with Crippen LogP contribution in [-0.2, 0) is 0 Å². The van der Waals surface area contributed by atoms with Crippen LogP contribution in [0.5, 0.6) is 0 Å². The Morgan fingerprint density at radius 3 is 1.75 bits per heavy atom. The Hall–Kier alpha value is -7.04. The second kappa shape index (κ2) is 11.2. The van der Waals surface area contributed by atoms with Gasteiger partial charge in [-0.1, -0.05) is 97.1 Å². The highest BCUT2D eigenvalue weighted by Crippen LogP contribution is 2.44. The Morgan fingerprint density at radius 2 is 0.904 bits per heavy atom. The summed E-state index contributed by atoms with van der Waals surface area (Å²) in [7, 11) is 0. The molecule has 0 aliphatic carbocycles. The molecule has 4 heteroatoms. The molecular formula is C48H29NO3. The third kappa shape index (κ3) is 4.41. The minimum Gasteiger partial charge on any atom is -0.456 e. The quantitative estimate of drug-likeness (QED) is 0.183. The molecule has 11 aromatic rings. The molecular weight excluding hydrogens is 639 g/mol. The molecule has 0 saturated carbocycles. The monoisotopic (exact) mass is 667 g/mol. The van der Waals surface area contributed by atoms with Gasteiger partial charge in [0.25, 0.3) is 0 Å². The number of fused-ring (bicyclic) bond motifs is 9. The Kier molecular flexibility index (Phi) is 6.22. The molecule has 8 aromatic carbocycles. The third-order valence-electron chi connectivity index (χ3n) is 10.3. The molecule has 0 N–H and O–H groups in total. The number of hydrogen-bond acceptors (Lipinski definition) is 4. The summed E-state index contributed by atoms with van der Waals surface area (Å²) >= 11 is 0. The van der Waals surface area contributed by atoms with Crippen LogP contribution in [-0.4, -0.2) is 0 Å². The molecule has 0 spiro atoms. The SMILES string of the molecule is c1ccc(N(c2ccccc2)c2ccc3c(c2)oc2cccc(-c4cccc5c4oc4cc(-c6ccc7oc8ccccc8c7c6)ccc45)c23)cc1. The maximum atomic E-state index is 6.77. The van der Waals surface area contributed by atoms with Crippen LogP contribution < -0.4 is 4.90 Å². The van der Waals surface area contributed by atoms with Crippen LogP contribution in [0.2, 0.25) is 0 Å². The summed E-state index contributed by atoms with van der Waals surface area (Å²) in [5, 5.41) is 6.54. The van der Waals surface area contributed by atoms with Gasteiger partial charge < -0.3 is 18.2 Å². The maximum Gasteiger partial charge on any atom is 0.143 e.